The average molecular weight is 376 g/mol. The quantitative estimate of drug-likeness (QED) is 0.830. The van der Waals surface area contributed by atoms with Crippen LogP contribution in [0.2, 0.25) is 0 Å². The fourth-order valence-electron chi connectivity index (χ4n) is 3.13. The van der Waals surface area contributed by atoms with Crippen LogP contribution >= 0.6 is 0 Å². The monoisotopic (exact) mass is 376 g/mol. The van der Waals surface area contributed by atoms with E-state index < -0.39 is 9.84 Å². The number of nitrogens with zero attached hydrogens (tertiary/aromatic N) is 3. The molecule has 7 nitrogen and oxygen atoms in total. The Balaban J connectivity index is 1.72. The van der Waals surface area contributed by atoms with E-state index in [1.54, 1.807) is 11.6 Å². The molecule has 0 radical (unpaired) electrons. The zero-order valence-corrected chi connectivity index (χ0v) is 15.9. The van der Waals surface area contributed by atoms with Crippen molar-refractivity contribution in [3.8, 4) is 5.69 Å². The van der Waals surface area contributed by atoms with Gasteiger partial charge in [-0.3, -0.25) is 4.79 Å². The minimum atomic E-state index is -3.04. The Hall–Kier alpha value is -2.22. The number of aryl methyl sites for hydroxylation is 1. The summed E-state index contributed by atoms with van der Waals surface area (Å²) in [5.41, 5.74) is 2.97. The normalized spacial score (nSPS) is 18.8. The van der Waals surface area contributed by atoms with Gasteiger partial charge in [-0.1, -0.05) is 30.7 Å². The molecule has 1 fully saturated rings. The number of amides is 1. The van der Waals surface area contributed by atoms with Crippen molar-refractivity contribution in [1.82, 2.24) is 20.3 Å². The van der Waals surface area contributed by atoms with Crippen LogP contribution in [0.1, 0.15) is 47.9 Å². The number of unbranched alkanes of at least 4 members (excludes halogenated alkanes) is 1. The molecule has 1 aromatic heterocycles. The predicted octanol–water partition coefficient (Wildman–Crippen LogP) is 1.84. The third-order valence-electron chi connectivity index (χ3n) is 4.68. The van der Waals surface area contributed by atoms with Gasteiger partial charge < -0.3 is 5.32 Å². The second-order valence-corrected chi connectivity index (χ2v) is 9.01. The van der Waals surface area contributed by atoms with E-state index in [4.69, 9.17) is 0 Å². The van der Waals surface area contributed by atoms with Crippen molar-refractivity contribution in [3.63, 3.8) is 0 Å². The second kappa shape index (κ2) is 7.57. The lowest BCUT2D eigenvalue weighted by Crippen LogP contribution is -2.36. The Morgan fingerprint density at radius 1 is 1.31 bits per heavy atom. The Bertz CT molecular complexity index is 888. The zero-order valence-electron chi connectivity index (χ0n) is 15.1. The highest BCUT2D eigenvalue weighted by Gasteiger charge is 2.30. The molecule has 8 heteroatoms. The van der Waals surface area contributed by atoms with Crippen molar-refractivity contribution in [2.75, 3.05) is 11.5 Å². The highest BCUT2D eigenvalue weighted by Crippen LogP contribution is 2.16. The molecule has 0 saturated carbocycles. The molecule has 1 amide bonds. The topological polar surface area (TPSA) is 93.9 Å². The van der Waals surface area contributed by atoms with Crippen LogP contribution < -0.4 is 5.32 Å². The number of rotatable bonds is 6. The van der Waals surface area contributed by atoms with Gasteiger partial charge in [0.2, 0.25) is 0 Å². The van der Waals surface area contributed by atoms with Crippen molar-refractivity contribution in [1.29, 1.82) is 0 Å². The van der Waals surface area contributed by atoms with Gasteiger partial charge in [-0.25, -0.2) is 13.1 Å². The van der Waals surface area contributed by atoms with Crippen LogP contribution in [-0.2, 0) is 16.3 Å². The minimum absolute atomic E-state index is 0.00878. The van der Waals surface area contributed by atoms with E-state index in [2.05, 4.69) is 34.7 Å². The van der Waals surface area contributed by atoms with Gasteiger partial charge in [-0.15, -0.1) is 5.10 Å². The molecule has 0 spiro atoms. The number of hydrogen-bond acceptors (Lipinski definition) is 5. The minimum Gasteiger partial charge on any atom is -0.347 e. The van der Waals surface area contributed by atoms with E-state index in [9.17, 15) is 13.2 Å². The Labute approximate surface area is 153 Å². The number of sulfone groups is 1. The summed E-state index contributed by atoms with van der Waals surface area (Å²) in [5.74, 6) is -0.269. The summed E-state index contributed by atoms with van der Waals surface area (Å²) in [4.78, 5) is 12.4. The molecule has 2 heterocycles. The fraction of sp³-hybridized carbons (Fsp3) is 0.500. The molecule has 140 valence electrons. The molecule has 1 aromatic carbocycles. The molecule has 0 aliphatic carbocycles. The van der Waals surface area contributed by atoms with Crippen LogP contribution in [0.4, 0.5) is 0 Å². The van der Waals surface area contributed by atoms with E-state index in [1.807, 2.05) is 12.1 Å². The van der Waals surface area contributed by atoms with Crippen molar-refractivity contribution in [2.24, 2.45) is 0 Å². The first kappa shape index (κ1) is 18.6. The van der Waals surface area contributed by atoms with Crippen molar-refractivity contribution < 1.29 is 13.2 Å². The molecule has 1 N–H and O–H groups in total. The van der Waals surface area contributed by atoms with E-state index >= 15 is 0 Å². The Kier molecular flexibility index (Phi) is 5.41. The predicted molar refractivity (Wildman–Crippen MR) is 99.2 cm³/mol. The maximum absolute atomic E-state index is 12.4. The van der Waals surface area contributed by atoms with Gasteiger partial charge in [0.05, 0.1) is 22.9 Å². The Morgan fingerprint density at radius 3 is 2.65 bits per heavy atom. The summed E-state index contributed by atoms with van der Waals surface area (Å²) in [7, 11) is -3.04. The van der Waals surface area contributed by atoms with Gasteiger partial charge >= 0.3 is 0 Å². The third-order valence-corrected chi connectivity index (χ3v) is 6.45. The second-order valence-electron chi connectivity index (χ2n) is 6.78. The van der Waals surface area contributed by atoms with Gasteiger partial charge in [0.1, 0.15) is 0 Å². The summed E-state index contributed by atoms with van der Waals surface area (Å²) < 4.78 is 24.7. The summed E-state index contributed by atoms with van der Waals surface area (Å²) >= 11 is 0. The van der Waals surface area contributed by atoms with Crippen LogP contribution in [0.5, 0.6) is 0 Å². The lowest BCUT2D eigenvalue weighted by atomic mass is 10.1. The number of hydrogen-bond donors (Lipinski definition) is 1. The molecule has 2 aromatic rings. The van der Waals surface area contributed by atoms with Gasteiger partial charge in [0, 0.05) is 6.04 Å². The third kappa shape index (κ3) is 4.12. The number of carbonyl (C=O) groups excluding carboxylic acids is 1. The lowest BCUT2D eigenvalue weighted by Gasteiger charge is -2.10. The van der Waals surface area contributed by atoms with E-state index in [1.165, 1.54) is 5.56 Å². The SMILES string of the molecule is CCCCc1ccc(-n2nnc(C(=O)N[C@@H]3CCS(=O)(=O)C3)c2C)cc1. The van der Waals surface area contributed by atoms with Crippen LogP contribution in [0.15, 0.2) is 24.3 Å². The summed E-state index contributed by atoms with van der Waals surface area (Å²) in [5, 5.41) is 10.8. The van der Waals surface area contributed by atoms with Crippen LogP contribution in [-0.4, -0.2) is 46.9 Å². The van der Waals surface area contributed by atoms with E-state index in [0.717, 1.165) is 24.9 Å². The van der Waals surface area contributed by atoms with Gasteiger partial charge in [0.25, 0.3) is 5.91 Å². The molecule has 1 aliphatic rings. The summed E-state index contributed by atoms with van der Waals surface area (Å²) in [6.45, 7) is 3.95. The molecule has 0 unspecified atom stereocenters. The summed E-state index contributed by atoms with van der Waals surface area (Å²) in [6.07, 6.45) is 3.80. The summed E-state index contributed by atoms with van der Waals surface area (Å²) in [6, 6.07) is 7.72. The number of carbonyl (C=O) groups is 1. The molecular formula is C18H24N4O3S. The number of benzene rings is 1. The Morgan fingerprint density at radius 2 is 2.04 bits per heavy atom. The van der Waals surface area contributed by atoms with E-state index in [-0.39, 0.29) is 29.1 Å². The maximum Gasteiger partial charge on any atom is 0.274 e. The number of aromatic nitrogens is 3. The standard InChI is InChI=1S/C18H24N4O3S/c1-3-4-5-14-6-8-16(9-7-14)22-13(2)17(20-21-22)18(23)19-15-10-11-26(24,25)12-15/h6-9,15H,3-5,10-12H2,1-2H3,(H,19,23)/t15-/m1/s1. The van der Waals surface area contributed by atoms with Crippen LogP contribution in [0.3, 0.4) is 0 Å². The molecule has 0 bridgehead atoms. The van der Waals surface area contributed by atoms with Crippen molar-refractivity contribution >= 4 is 15.7 Å². The van der Waals surface area contributed by atoms with Crippen LogP contribution in [0, 0.1) is 6.92 Å². The molecule has 3 rings (SSSR count). The molecule has 1 atom stereocenters. The highest BCUT2D eigenvalue weighted by atomic mass is 32.2. The van der Waals surface area contributed by atoms with Crippen molar-refractivity contribution in [3.05, 3.63) is 41.2 Å². The maximum atomic E-state index is 12.4. The first-order chi connectivity index (χ1) is 12.4. The van der Waals surface area contributed by atoms with Gasteiger partial charge in [0.15, 0.2) is 15.5 Å². The van der Waals surface area contributed by atoms with E-state index in [0.29, 0.717) is 12.1 Å². The first-order valence-corrected chi connectivity index (χ1v) is 10.7. The van der Waals surface area contributed by atoms with Crippen LogP contribution in [0.25, 0.3) is 5.69 Å². The molecule has 26 heavy (non-hydrogen) atoms. The lowest BCUT2D eigenvalue weighted by molar-refractivity contribution is 0.0935. The van der Waals surface area contributed by atoms with Crippen molar-refractivity contribution in [2.45, 2.75) is 45.6 Å². The van der Waals surface area contributed by atoms with Gasteiger partial charge in [-0.05, 0) is 43.9 Å². The molecule has 1 saturated heterocycles. The highest BCUT2D eigenvalue weighted by molar-refractivity contribution is 7.91. The van der Waals surface area contributed by atoms with Gasteiger partial charge in [-0.2, -0.15) is 0 Å². The molecule has 1 aliphatic heterocycles. The average Bonchev–Trinajstić information content (AvgIpc) is 3.15. The molecular weight excluding hydrogens is 352 g/mol. The smallest absolute Gasteiger partial charge is 0.274 e. The number of nitrogens with one attached hydrogen (secondary N) is 1. The largest absolute Gasteiger partial charge is 0.347 e. The first-order valence-electron chi connectivity index (χ1n) is 8.92. The zero-order chi connectivity index (χ0) is 18.7. The fourth-order valence-corrected chi connectivity index (χ4v) is 4.80.